The van der Waals surface area contributed by atoms with Gasteiger partial charge in [0, 0.05) is 10.2 Å². The lowest BCUT2D eigenvalue weighted by atomic mass is 11.0. The van der Waals surface area contributed by atoms with Crippen molar-refractivity contribution in [3.63, 3.8) is 0 Å². The highest BCUT2D eigenvalue weighted by Crippen LogP contribution is 2.42. The first kappa shape index (κ1) is 7.38. The molecule has 0 rings (SSSR count). The van der Waals surface area contributed by atoms with Crippen LogP contribution >= 0.6 is 27.6 Å². The van der Waals surface area contributed by atoms with Crippen molar-refractivity contribution >= 4 is 37.8 Å². The molecule has 0 fully saturated rings. The fraction of sp³-hybridized carbons (Fsp3) is 1.00. The minimum atomic E-state index is 0.456. The summed E-state index contributed by atoms with van der Waals surface area (Å²) in [6.45, 7) is 2.27. The summed E-state index contributed by atoms with van der Waals surface area (Å²) in [5.41, 5.74) is 0.456. The van der Waals surface area contributed by atoms with E-state index < -0.39 is 0 Å². The molecule has 0 aliphatic carbocycles. The molecule has 0 saturated heterocycles. The molecule has 0 aromatic carbocycles. The molecule has 0 radical (unpaired) electrons. The van der Waals surface area contributed by atoms with Crippen LogP contribution in [0.3, 0.4) is 0 Å². The van der Waals surface area contributed by atoms with Crippen LogP contribution in [0.4, 0.5) is 0 Å². The van der Waals surface area contributed by atoms with E-state index in [1.165, 1.54) is 22.2 Å². The van der Waals surface area contributed by atoms with Gasteiger partial charge in [-0.25, -0.2) is 0 Å². The van der Waals surface area contributed by atoms with Crippen LogP contribution in [0.15, 0.2) is 0 Å². The van der Waals surface area contributed by atoms with Gasteiger partial charge in [-0.05, 0) is 17.5 Å². The standard InChI is InChI=1S/C3H10IPSi/c1-2-5(4)3-6/h2-3H2,1,6H3. The lowest BCUT2D eigenvalue weighted by Crippen LogP contribution is -1.74. The Morgan fingerprint density at radius 1 is 1.83 bits per heavy atom. The van der Waals surface area contributed by atoms with Crippen molar-refractivity contribution in [3.05, 3.63) is 0 Å². The van der Waals surface area contributed by atoms with Gasteiger partial charge in [0.1, 0.15) is 0 Å². The second-order valence-corrected chi connectivity index (χ2v) is 9.28. The van der Waals surface area contributed by atoms with Crippen molar-refractivity contribution in [2.75, 3.05) is 11.9 Å². The molecule has 0 saturated carbocycles. The molecule has 0 heterocycles. The summed E-state index contributed by atoms with van der Waals surface area (Å²) in [6, 6.07) is 0. The van der Waals surface area contributed by atoms with Crippen molar-refractivity contribution in [1.29, 1.82) is 0 Å². The maximum absolute atomic E-state index is 2.57. The highest BCUT2D eigenvalue weighted by Gasteiger charge is 1.90. The van der Waals surface area contributed by atoms with E-state index in [2.05, 4.69) is 29.0 Å². The van der Waals surface area contributed by atoms with Crippen LogP contribution in [0.2, 0.25) is 0 Å². The fourth-order valence-corrected chi connectivity index (χ4v) is 2.01. The number of hydrogen-bond acceptors (Lipinski definition) is 0. The number of halogens is 1. The summed E-state index contributed by atoms with van der Waals surface area (Å²) in [6.07, 6.45) is 1.42. The predicted molar refractivity (Wildman–Crippen MR) is 46.3 cm³/mol. The van der Waals surface area contributed by atoms with Gasteiger partial charge in [0.15, 0.2) is 0 Å². The molecule has 0 amide bonds. The quantitative estimate of drug-likeness (QED) is 0.380. The second-order valence-electron chi connectivity index (χ2n) is 1.10. The summed E-state index contributed by atoms with van der Waals surface area (Å²) in [7, 11) is 1.40. The molecule has 3 heteroatoms. The van der Waals surface area contributed by atoms with Crippen LogP contribution in [0.5, 0.6) is 0 Å². The molecule has 0 aromatic heterocycles. The van der Waals surface area contributed by atoms with Gasteiger partial charge >= 0.3 is 0 Å². The smallest absolute Gasteiger partial charge is 0.00914 e. The van der Waals surface area contributed by atoms with Crippen LogP contribution < -0.4 is 0 Å². The van der Waals surface area contributed by atoms with E-state index in [0.29, 0.717) is 5.56 Å². The Kier molecular flexibility index (Phi) is 5.57. The average molecular weight is 232 g/mol. The van der Waals surface area contributed by atoms with Crippen LogP contribution in [0.1, 0.15) is 6.92 Å². The zero-order valence-corrected chi connectivity index (χ0v) is 9.29. The van der Waals surface area contributed by atoms with Gasteiger partial charge < -0.3 is 0 Å². The Morgan fingerprint density at radius 2 is 2.33 bits per heavy atom. The molecule has 0 N–H and O–H groups in total. The summed E-state index contributed by atoms with van der Waals surface area (Å²) < 4.78 is 0. The summed E-state index contributed by atoms with van der Waals surface area (Å²) >= 11 is 2.57. The molecule has 0 aromatic rings. The Hall–Kier alpha value is 1.38. The Balaban J connectivity index is 2.75. The first-order valence-corrected chi connectivity index (χ1v) is 8.13. The lowest BCUT2D eigenvalue weighted by Gasteiger charge is -1.97. The molecule has 0 nitrogen and oxygen atoms in total. The van der Waals surface area contributed by atoms with E-state index in [4.69, 9.17) is 0 Å². The monoisotopic (exact) mass is 232 g/mol. The molecular formula is C3H10IPSi. The Labute approximate surface area is 56.7 Å². The predicted octanol–water partition coefficient (Wildman–Crippen LogP) is 1.16. The normalized spacial score (nSPS) is 15.0. The van der Waals surface area contributed by atoms with Gasteiger partial charge in [0.05, 0.1) is 0 Å². The van der Waals surface area contributed by atoms with E-state index in [0.717, 1.165) is 0 Å². The number of rotatable bonds is 2. The SMILES string of the molecule is CCP(I)C[SiH3]. The zero-order chi connectivity index (χ0) is 4.99. The first-order chi connectivity index (χ1) is 2.81. The van der Waals surface area contributed by atoms with E-state index >= 15 is 0 Å². The largest absolute Gasteiger partial charge is 0.0607 e. The van der Waals surface area contributed by atoms with Crippen LogP contribution in [0.25, 0.3) is 0 Å². The molecule has 0 bridgehead atoms. The third-order valence-electron chi connectivity index (χ3n) is 0.686. The first-order valence-electron chi connectivity index (χ1n) is 2.22. The van der Waals surface area contributed by atoms with Crippen molar-refractivity contribution in [2.24, 2.45) is 0 Å². The number of hydrogen-bond donors (Lipinski definition) is 0. The molecular weight excluding hydrogens is 222 g/mol. The second kappa shape index (κ2) is 4.53. The van der Waals surface area contributed by atoms with Crippen LogP contribution in [-0.2, 0) is 0 Å². The Bertz CT molecular complexity index is 30.0. The molecule has 0 aliphatic heterocycles. The van der Waals surface area contributed by atoms with E-state index in [-0.39, 0.29) is 0 Å². The third kappa shape index (κ3) is 3.56. The summed E-state index contributed by atoms with van der Waals surface area (Å²) in [5, 5.41) is 0. The van der Waals surface area contributed by atoms with Crippen LogP contribution in [0, 0.1) is 0 Å². The lowest BCUT2D eigenvalue weighted by molar-refractivity contribution is 1.51. The maximum atomic E-state index is 2.57. The molecule has 1 unspecified atom stereocenters. The minimum Gasteiger partial charge on any atom is -0.0607 e. The highest BCUT2D eigenvalue weighted by molar-refractivity contribution is 14.2. The van der Waals surface area contributed by atoms with Gasteiger partial charge in [-0.1, -0.05) is 29.0 Å². The third-order valence-corrected chi connectivity index (χ3v) is 12.3. The highest BCUT2D eigenvalue weighted by atomic mass is 127. The van der Waals surface area contributed by atoms with Gasteiger partial charge in [-0.2, -0.15) is 0 Å². The summed E-state index contributed by atoms with van der Waals surface area (Å²) in [5.74, 6) is 1.52. The topological polar surface area (TPSA) is 0 Å². The average Bonchev–Trinajstić information content (AvgIpc) is 1.65. The summed E-state index contributed by atoms with van der Waals surface area (Å²) in [4.78, 5) is 0. The van der Waals surface area contributed by atoms with Crippen molar-refractivity contribution in [2.45, 2.75) is 6.92 Å². The van der Waals surface area contributed by atoms with E-state index in [9.17, 15) is 0 Å². The minimum absolute atomic E-state index is 0.456. The van der Waals surface area contributed by atoms with E-state index in [1.54, 1.807) is 0 Å². The Morgan fingerprint density at radius 3 is 2.33 bits per heavy atom. The fourth-order valence-electron chi connectivity index (χ4n) is 0.224. The van der Waals surface area contributed by atoms with Crippen molar-refractivity contribution < 1.29 is 0 Å². The van der Waals surface area contributed by atoms with Crippen molar-refractivity contribution in [1.82, 2.24) is 0 Å². The molecule has 1 atom stereocenters. The molecule has 0 aliphatic rings. The van der Waals surface area contributed by atoms with Crippen LogP contribution in [-0.4, -0.2) is 22.2 Å². The van der Waals surface area contributed by atoms with Gasteiger partial charge in [-0.15, -0.1) is 0 Å². The van der Waals surface area contributed by atoms with Gasteiger partial charge in [0.2, 0.25) is 0 Å². The van der Waals surface area contributed by atoms with Gasteiger partial charge in [0.25, 0.3) is 0 Å². The molecule has 6 heavy (non-hydrogen) atoms. The van der Waals surface area contributed by atoms with E-state index in [1.807, 2.05) is 0 Å². The maximum Gasteiger partial charge on any atom is 0.00914 e. The van der Waals surface area contributed by atoms with Gasteiger partial charge in [-0.3, -0.25) is 0 Å². The van der Waals surface area contributed by atoms with Crippen molar-refractivity contribution in [3.8, 4) is 0 Å². The zero-order valence-electron chi connectivity index (χ0n) is 4.24. The molecule has 38 valence electrons. The molecule has 0 spiro atoms.